The molecule has 0 spiro atoms. The number of nitrogens with zero attached hydrogens (tertiary/aromatic N) is 2. The summed E-state index contributed by atoms with van der Waals surface area (Å²) in [5.41, 5.74) is 0.00631. The molecule has 2 N–H and O–H groups in total. The molecule has 34 heavy (non-hydrogen) atoms. The zero-order valence-electron chi connectivity index (χ0n) is 19.6. The predicted molar refractivity (Wildman–Crippen MR) is 121 cm³/mol. The van der Waals surface area contributed by atoms with Gasteiger partial charge in [0.15, 0.2) is 0 Å². The van der Waals surface area contributed by atoms with Crippen LogP contribution in [0.4, 0.5) is 8.78 Å². The average Bonchev–Trinajstić information content (AvgIpc) is 3.29. The number of ketones is 1. The number of halogens is 2. The van der Waals surface area contributed by atoms with E-state index < -0.39 is 17.9 Å². The van der Waals surface area contributed by atoms with Crippen molar-refractivity contribution in [3.63, 3.8) is 0 Å². The summed E-state index contributed by atoms with van der Waals surface area (Å²) in [5, 5.41) is 13.0. The van der Waals surface area contributed by atoms with Crippen LogP contribution in [0.15, 0.2) is 10.6 Å². The average molecular weight is 500 g/mol. The van der Waals surface area contributed by atoms with Crippen LogP contribution >= 0.6 is 11.8 Å². The van der Waals surface area contributed by atoms with Crippen molar-refractivity contribution in [1.82, 2.24) is 15.1 Å². The van der Waals surface area contributed by atoms with Crippen molar-refractivity contribution in [3.05, 3.63) is 10.6 Å². The molecule has 0 bridgehead atoms. The van der Waals surface area contributed by atoms with Gasteiger partial charge >= 0.3 is 5.97 Å². The number of β-lactam (4-membered cyclic amide) rings is 1. The van der Waals surface area contributed by atoms with Gasteiger partial charge in [-0.2, -0.15) is 0 Å². The number of carboxylic acids is 1. The number of likely N-dealkylation sites (tertiary alicyclic amines) is 1. The molecule has 0 aliphatic carbocycles. The van der Waals surface area contributed by atoms with Crippen molar-refractivity contribution in [3.8, 4) is 0 Å². The lowest BCUT2D eigenvalue weighted by molar-refractivity contribution is -0.160. The lowest BCUT2D eigenvalue weighted by Crippen LogP contribution is -2.62. The van der Waals surface area contributed by atoms with Crippen molar-refractivity contribution in [2.24, 2.45) is 17.8 Å². The maximum atomic E-state index is 13.4. The summed E-state index contributed by atoms with van der Waals surface area (Å²) < 4.78 is 26.9. The summed E-state index contributed by atoms with van der Waals surface area (Å²) >= 11 is 1.39. The predicted octanol–water partition coefficient (Wildman–Crippen LogP) is 2.10. The highest BCUT2D eigenvalue weighted by atomic mass is 32.2. The van der Waals surface area contributed by atoms with Crippen LogP contribution in [0.25, 0.3) is 0 Å². The van der Waals surface area contributed by atoms with Gasteiger partial charge in [0.1, 0.15) is 11.5 Å². The van der Waals surface area contributed by atoms with Crippen molar-refractivity contribution >= 4 is 35.3 Å². The van der Waals surface area contributed by atoms with Crippen LogP contribution in [0.2, 0.25) is 0 Å². The fourth-order valence-corrected chi connectivity index (χ4v) is 7.26. The van der Waals surface area contributed by atoms with E-state index in [-0.39, 0.29) is 84.7 Å². The topological polar surface area (TPSA) is 107 Å². The second-order valence-electron chi connectivity index (χ2n) is 10.0. The summed E-state index contributed by atoms with van der Waals surface area (Å²) in [6, 6.07) is -0.769. The number of thioether (sulfide) groups is 1. The van der Waals surface area contributed by atoms with E-state index in [4.69, 9.17) is 0 Å². The number of carbonyl (C=O) groups is 4. The summed E-state index contributed by atoms with van der Waals surface area (Å²) in [4.78, 5) is 52.8. The minimum Gasteiger partial charge on any atom is -0.477 e. The first-order chi connectivity index (χ1) is 15.9. The molecule has 0 unspecified atom stereocenters. The molecule has 4 aliphatic heterocycles. The van der Waals surface area contributed by atoms with E-state index in [1.54, 1.807) is 0 Å². The number of hydrogen-bond acceptors (Lipinski definition) is 6. The first kappa shape index (κ1) is 25.1. The molecule has 0 saturated carbocycles. The number of nitrogens with one attached hydrogen (secondary N) is 1. The normalized spacial score (nSPS) is 33.6. The van der Waals surface area contributed by atoms with E-state index in [1.165, 1.54) is 28.5 Å². The monoisotopic (exact) mass is 499 g/mol. The maximum absolute atomic E-state index is 13.4. The second kappa shape index (κ2) is 9.22. The van der Waals surface area contributed by atoms with Crippen molar-refractivity contribution in [1.29, 1.82) is 0 Å². The van der Waals surface area contributed by atoms with Gasteiger partial charge < -0.3 is 25.0 Å². The number of aliphatic carboxylic acids is 1. The van der Waals surface area contributed by atoms with Crippen LogP contribution in [0.5, 0.6) is 0 Å². The molecule has 4 aliphatic rings. The highest BCUT2D eigenvalue weighted by Gasteiger charge is 2.60. The fourth-order valence-electron chi connectivity index (χ4n) is 5.78. The highest BCUT2D eigenvalue weighted by Crippen LogP contribution is 2.53. The Balaban J connectivity index is 1.42. The van der Waals surface area contributed by atoms with E-state index in [0.29, 0.717) is 17.9 Å². The lowest BCUT2D eigenvalue weighted by Gasteiger charge is -2.47. The Kier molecular flexibility index (Phi) is 6.80. The molecule has 4 rings (SSSR count). The number of Topliss-reactive ketones (excluding diaryl/α,β-unsaturated/α-hetero) is 1. The standard InChI is InChI=1S/C23H31F2N3O5S/c1-11(8-12(2)29)16-17-13(3)19(18(22(32)33)28(17)21(16)31)34-14-9-15(26-10-14)20(30)27-6-4-23(24,25)5-7-27/h11,13-17,26H,4-10H2,1-3H3,(H,32,33)/t11-,13+,14-,15-,16+,17+/m0/s1. The zero-order valence-corrected chi connectivity index (χ0v) is 20.4. The van der Waals surface area contributed by atoms with Gasteiger partial charge in [-0.25, -0.2) is 13.6 Å². The SMILES string of the molecule is CC(=O)C[C@H](C)[C@H]1C(=O)N2C(C(=O)O)=C(S[C@@H]3CN[C@H](C(=O)N4CCC(F)(F)CC4)C3)[C@H](C)[C@H]12. The number of piperidine rings is 1. The van der Waals surface area contributed by atoms with E-state index in [2.05, 4.69) is 5.32 Å². The third-order valence-electron chi connectivity index (χ3n) is 7.50. The summed E-state index contributed by atoms with van der Waals surface area (Å²) in [6.45, 7) is 5.80. The second-order valence-corrected chi connectivity index (χ2v) is 11.4. The third-order valence-corrected chi connectivity index (χ3v) is 9.01. The number of hydrogen-bond donors (Lipinski definition) is 2. The maximum Gasteiger partial charge on any atom is 0.353 e. The summed E-state index contributed by atoms with van der Waals surface area (Å²) in [6.07, 6.45) is 0.0777. The summed E-state index contributed by atoms with van der Waals surface area (Å²) in [7, 11) is 0. The van der Waals surface area contributed by atoms with Crippen molar-refractivity contribution in [2.45, 2.75) is 69.7 Å². The Bertz CT molecular complexity index is 932. The van der Waals surface area contributed by atoms with Gasteiger partial charge in [-0.05, 0) is 19.3 Å². The van der Waals surface area contributed by atoms with E-state index in [1.807, 2.05) is 13.8 Å². The van der Waals surface area contributed by atoms with Crippen molar-refractivity contribution in [2.75, 3.05) is 19.6 Å². The zero-order chi connectivity index (χ0) is 24.9. The molecule has 0 radical (unpaired) electrons. The molecule has 188 valence electrons. The Labute approximate surface area is 201 Å². The third kappa shape index (κ3) is 4.48. The van der Waals surface area contributed by atoms with Crippen LogP contribution in [0.3, 0.4) is 0 Å². The number of rotatable bonds is 7. The molecule has 2 amide bonds. The number of alkyl halides is 2. The lowest BCUT2D eigenvalue weighted by atomic mass is 9.73. The first-order valence-corrected chi connectivity index (χ1v) is 12.7. The molecular formula is C23H31F2N3O5S. The van der Waals surface area contributed by atoms with Crippen LogP contribution < -0.4 is 5.32 Å². The molecule has 0 aromatic rings. The largest absolute Gasteiger partial charge is 0.477 e. The number of amides is 2. The smallest absolute Gasteiger partial charge is 0.353 e. The van der Waals surface area contributed by atoms with E-state index in [0.717, 1.165) is 0 Å². The van der Waals surface area contributed by atoms with Crippen LogP contribution in [-0.4, -0.2) is 81.4 Å². The molecule has 4 heterocycles. The van der Waals surface area contributed by atoms with Gasteiger partial charge in [-0.3, -0.25) is 9.59 Å². The Morgan fingerprint density at radius 3 is 2.50 bits per heavy atom. The van der Waals surface area contributed by atoms with Gasteiger partial charge in [-0.1, -0.05) is 13.8 Å². The number of carboxylic acid groups (broad SMARTS) is 1. The molecule has 3 fully saturated rings. The minimum atomic E-state index is -2.72. The van der Waals surface area contributed by atoms with E-state index in [9.17, 15) is 33.1 Å². The molecular weight excluding hydrogens is 468 g/mol. The quantitative estimate of drug-likeness (QED) is 0.517. The van der Waals surface area contributed by atoms with Gasteiger partial charge in [0, 0.05) is 55.0 Å². The van der Waals surface area contributed by atoms with Crippen LogP contribution in [0, 0.1) is 17.8 Å². The highest BCUT2D eigenvalue weighted by molar-refractivity contribution is 8.03. The molecule has 3 saturated heterocycles. The van der Waals surface area contributed by atoms with Crippen molar-refractivity contribution < 1.29 is 33.1 Å². The molecule has 11 heteroatoms. The van der Waals surface area contributed by atoms with E-state index >= 15 is 0 Å². The summed E-state index contributed by atoms with van der Waals surface area (Å²) in [5.74, 6) is -5.07. The van der Waals surface area contributed by atoms with Gasteiger partial charge in [0.2, 0.25) is 11.8 Å². The van der Waals surface area contributed by atoms with Gasteiger partial charge in [0.25, 0.3) is 5.92 Å². The van der Waals surface area contributed by atoms with Gasteiger partial charge in [-0.15, -0.1) is 11.8 Å². The van der Waals surface area contributed by atoms with Gasteiger partial charge in [0.05, 0.1) is 18.0 Å². The Hall–Kier alpha value is -2.01. The number of carbonyl (C=O) groups excluding carboxylic acids is 3. The minimum absolute atomic E-state index is 0.00409. The fraction of sp³-hybridized carbons (Fsp3) is 0.739. The first-order valence-electron chi connectivity index (χ1n) is 11.8. The molecule has 0 aromatic carbocycles. The Morgan fingerprint density at radius 2 is 1.91 bits per heavy atom. The molecule has 6 atom stereocenters. The number of fused-ring (bicyclic) bond motifs is 1. The van der Waals surface area contributed by atoms with Crippen LogP contribution in [-0.2, 0) is 19.2 Å². The van der Waals surface area contributed by atoms with Crippen LogP contribution in [0.1, 0.15) is 46.5 Å². The molecule has 8 nitrogen and oxygen atoms in total. The Morgan fingerprint density at radius 1 is 1.26 bits per heavy atom. The molecule has 0 aromatic heterocycles.